The summed E-state index contributed by atoms with van der Waals surface area (Å²) in [6.07, 6.45) is 0. The second-order valence-electron chi connectivity index (χ2n) is 7.40. The number of aryl methyl sites for hydroxylation is 1. The summed E-state index contributed by atoms with van der Waals surface area (Å²) in [6, 6.07) is 11.8. The predicted molar refractivity (Wildman–Crippen MR) is 123 cm³/mol. The van der Waals surface area contributed by atoms with Crippen LogP contribution in [0.1, 0.15) is 5.69 Å². The van der Waals surface area contributed by atoms with E-state index in [-0.39, 0.29) is 10.6 Å². The van der Waals surface area contributed by atoms with E-state index in [0.29, 0.717) is 36.4 Å². The Labute approximate surface area is 191 Å². The van der Waals surface area contributed by atoms with Gasteiger partial charge in [0.25, 0.3) is 10.0 Å². The van der Waals surface area contributed by atoms with Crippen LogP contribution in [0, 0.1) is 12.7 Å². The molecule has 9 nitrogen and oxygen atoms in total. The zero-order chi connectivity index (χ0) is 23.4. The van der Waals surface area contributed by atoms with Gasteiger partial charge in [0.2, 0.25) is 5.95 Å². The van der Waals surface area contributed by atoms with Crippen LogP contribution in [-0.2, 0) is 14.8 Å². The fraction of sp³-hybridized carbons (Fsp3) is 0.273. The first-order valence-corrected chi connectivity index (χ1v) is 11.7. The van der Waals surface area contributed by atoms with Crippen LogP contribution >= 0.6 is 0 Å². The number of ether oxygens (including phenoxy) is 2. The van der Waals surface area contributed by atoms with E-state index in [1.165, 1.54) is 13.2 Å². The zero-order valence-corrected chi connectivity index (χ0v) is 19.0. The smallest absolute Gasteiger partial charge is 0.265 e. The van der Waals surface area contributed by atoms with Gasteiger partial charge in [0.15, 0.2) is 0 Å². The Bertz CT molecular complexity index is 1230. The van der Waals surface area contributed by atoms with Gasteiger partial charge in [0.05, 0.1) is 20.3 Å². The normalized spacial score (nSPS) is 14.1. The number of hydrogen-bond donors (Lipinski definition) is 2. The van der Waals surface area contributed by atoms with Gasteiger partial charge in [-0.2, -0.15) is 4.98 Å². The molecule has 0 aliphatic carbocycles. The SMILES string of the molecule is COc1ccc(F)cc1S(=O)(=O)Nc1ccc(Nc2cc(C)nc(N3CCOCC3)n2)cc1. The van der Waals surface area contributed by atoms with E-state index < -0.39 is 15.8 Å². The molecule has 0 saturated carbocycles. The van der Waals surface area contributed by atoms with Crippen LogP contribution in [0.5, 0.6) is 5.75 Å². The number of aromatic nitrogens is 2. The molecule has 174 valence electrons. The minimum absolute atomic E-state index is 0.0531. The summed E-state index contributed by atoms with van der Waals surface area (Å²) < 4.78 is 52.0. The maximum atomic E-state index is 13.6. The summed E-state index contributed by atoms with van der Waals surface area (Å²) >= 11 is 0. The van der Waals surface area contributed by atoms with Gasteiger partial charge in [-0.3, -0.25) is 4.72 Å². The maximum Gasteiger partial charge on any atom is 0.265 e. The van der Waals surface area contributed by atoms with Crippen molar-refractivity contribution in [1.29, 1.82) is 0 Å². The number of anilines is 4. The molecule has 0 atom stereocenters. The Morgan fingerprint density at radius 2 is 1.73 bits per heavy atom. The van der Waals surface area contributed by atoms with E-state index in [0.717, 1.165) is 30.9 Å². The topological polar surface area (TPSA) is 106 Å². The van der Waals surface area contributed by atoms with Gasteiger partial charge in [-0.1, -0.05) is 0 Å². The van der Waals surface area contributed by atoms with Gasteiger partial charge in [-0.15, -0.1) is 0 Å². The lowest BCUT2D eigenvalue weighted by atomic mass is 10.3. The Kier molecular flexibility index (Phi) is 6.61. The average molecular weight is 474 g/mol. The molecular weight excluding hydrogens is 449 g/mol. The summed E-state index contributed by atoms with van der Waals surface area (Å²) in [5, 5.41) is 3.22. The van der Waals surface area contributed by atoms with Crippen molar-refractivity contribution in [1.82, 2.24) is 9.97 Å². The first kappa shape index (κ1) is 22.7. The Hall–Kier alpha value is -3.44. The van der Waals surface area contributed by atoms with Gasteiger partial charge >= 0.3 is 0 Å². The summed E-state index contributed by atoms with van der Waals surface area (Å²) in [5.41, 5.74) is 1.86. The lowest BCUT2D eigenvalue weighted by Gasteiger charge is -2.27. The number of sulfonamides is 1. The van der Waals surface area contributed by atoms with E-state index in [4.69, 9.17) is 9.47 Å². The Balaban J connectivity index is 1.49. The number of rotatable bonds is 7. The number of nitrogens with zero attached hydrogens (tertiary/aromatic N) is 3. The first-order chi connectivity index (χ1) is 15.8. The fourth-order valence-corrected chi connectivity index (χ4v) is 4.60. The van der Waals surface area contributed by atoms with Crippen molar-refractivity contribution >= 4 is 33.2 Å². The van der Waals surface area contributed by atoms with Crippen molar-refractivity contribution in [2.45, 2.75) is 11.8 Å². The predicted octanol–water partition coefficient (Wildman–Crippen LogP) is 3.31. The fourth-order valence-electron chi connectivity index (χ4n) is 3.36. The minimum atomic E-state index is -4.05. The van der Waals surface area contributed by atoms with Crippen molar-refractivity contribution < 1.29 is 22.3 Å². The molecule has 1 aliphatic heterocycles. The molecule has 2 aromatic carbocycles. The summed E-state index contributed by atoms with van der Waals surface area (Å²) in [6.45, 7) is 4.63. The first-order valence-electron chi connectivity index (χ1n) is 10.3. The molecule has 1 fully saturated rings. The molecule has 0 spiro atoms. The Morgan fingerprint density at radius 3 is 2.42 bits per heavy atom. The second-order valence-corrected chi connectivity index (χ2v) is 9.05. The minimum Gasteiger partial charge on any atom is -0.495 e. The quantitative estimate of drug-likeness (QED) is 0.539. The molecule has 2 N–H and O–H groups in total. The van der Waals surface area contributed by atoms with Gasteiger partial charge in [-0.05, 0) is 49.4 Å². The number of methoxy groups -OCH3 is 1. The molecule has 0 radical (unpaired) electrons. The van der Waals surface area contributed by atoms with Crippen LogP contribution in [0.15, 0.2) is 53.4 Å². The monoisotopic (exact) mass is 473 g/mol. The lowest BCUT2D eigenvalue weighted by molar-refractivity contribution is 0.122. The van der Waals surface area contributed by atoms with Crippen LogP contribution in [-0.4, -0.2) is 51.8 Å². The van der Waals surface area contributed by atoms with Crippen LogP contribution in [0.25, 0.3) is 0 Å². The van der Waals surface area contributed by atoms with Crippen LogP contribution in [0.4, 0.5) is 27.5 Å². The molecule has 1 saturated heterocycles. The van der Waals surface area contributed by atoms with E-state index in [2.05, 4.69) is 24.9 Å². The molecule has 3 aromatic rings. The van der Waals surface area contributed by atoms with Gasteiger partial charge < -0.3 is 19.7 Å². The third-order valence-electron chi connectivity index (χ3n) is 4.96. The molecule has 4 rings (SSSR count). The van der Waals surface area contributed by atoms with Gasteiger partial charge in [0, 0.05) is 36.2 Å². The molecule has 1 aliphatic rings. The number of morpholine rings is 1. The van der Waals surface area contributed by atoms with Crippen molar-refractivity contribution in [2.24, 2.45) is 0 Å². The molecule has 1 aromatic heterocycles. The highest BCUT2D eigenvalue weighted by Crippen LogP contribution is 2.27. The molecule has 0 amide bonds. The zero-order valence-electron chi connectivity index (χ0n) is 18.2. The summed E-state index contributed by atoms with van der Waals surface area (Å²) in [7, 11) is -2.72. The number of benzene rings is 2. The lowest BCUT2D eigenvalue weighted by Crippen LogP contribution is -2.37. The van der Waals surface area contributed by atoms with Crippen LogP contribution < -0.4 is 19.7 Å². The third-order valence-corrected chi connectivity index (χ3v) is 6.36. The molecule has 0 unspecified atom stereocenters. The third kappa shape index (κ3) is 5.49. The number of nitrogens with one attached hydrogen (secondary N) is 2. The second kappa shape index (κ2) is 9.59. The van der Waals surface area contributed by atoms with E-state index >= 15 is 0 Å². The molecule has 11 heteroatoms. The van der Waals surface area contributed by atoms with Crippen LogP contribution in [0.3, 0.4) is 0 Å². The number of hydrogen-bond acceptors (Lipinski definition) is 8. The molecule has 33 heavy (non-hydrogen) atoms. The summed E-state index contributed by atoms with van der Waals surface area (Å²) in [4.78, 5) is 10.9. The van der Waals surface area contributed by atoms with Gasteiger partial charge in [-0.25, -0.2) is 17.8 Å². The van der Waals surface area contributed by atoms with Gasteiger partial charge in [0.1, 0.15) is 22.3 Å². The highest BCUT2D eigenvalue weighted by molar-refractivity contribution is 7.92. The standard InChI is InChI=1S/C22H24FN5O4S/c1-15-13-21(26-22(24-15)28-9-11-32-12-10-28)25-17-4-6-18(7-5-17)27-33(29,30)20-14-16(23)3-8-19(20)31-2/h3-8,13-14,27H,9-12H2,1-2H3,(H,24,25,26). The number of halogens is 1. The Morgan fingerprint density at radius 1 is 1.03 bits per heavy atom. The van der Waals surface area contributed by atoms with E-state index in [1.807, 2.05) is 13.0 Å². The van der Waals surface area contributed by atoms with E-state index in [9.17, 15) is 12.8 Å². The highest BCUT2D eigenvalue weighted by atomic mass is 32.2. The van der Waals surface area contributed by atoms with E-state index in [1.54, 1.807) is 24.3 Å². The summed E-state index contributed by atoms with van der Waals surface area (Å²) in [5.74, 6) is 0.640. The van der Waals surface area contributed by atoms with Crippen LogP contribution in [0.2, 0.25) is 0 Å². The van der Waals surface area contributed by atoms with Crippen molar-refractivity contribution in [2.75, 3.05) is 48.4 Å². The van der Waals surface area contributed by atoms with Crippen molar-refractivity contribution in [3.8, 4) is 5.75 Å². The van der Waals surface area contributed by atoms with Crippen molar-refractivity contribution in [3.05, 3.63) is 60.0 Å². The molecular formula is C22H24FN5O4S. The largest absolute Gasteiger partial charge is 0.495 e. The molecule has 0 bridgehead atoms. The highest BCUT2D eigenvalue weighted by Gasteiger charge is 2.21. The average Bonchev–Trinajstić information content (AvgIpc) is 2.80. The maximum absolute atomic E-state index is 13.6. The van der Waals surface area contributed by atoms with Crippen molar-refractivity contribution in [3.63, 3.8) is 0 Å². The molecule has 2 heterocycles.